The van der Waals surface area contributed by atoms with Gasteiger partial charge in [0, 0.05) is 0 Å². The third-order valence-electron chi connectivity index (χ3n) is 6.10. The smallest absolute Gasteiger partial charge is 0.258 e. The van der Waals surface area contributed by atoms with Gasteiger partial charge in [0.2, 0.25) is 0 Å². The van der Waals surface area contributed by atoms with Crippen LogP contribution < -0.4 is 14.6 Å². The third kappa shape index (κ3) is 4.62. The zero-order valence-corrected chi connectivity index (χ0v) is 21.2. The maximum atomic E-state index is 13.3. The zero-order chi connectivity index (χ0) is 22.8. The number of ether oxygens (including phenoxy) is 1. The topological polar surface area (TPSA) is 42.8 Å². The Morgan fingerprint density at radius 2 is 1.58 bits per heavy atom. The molecule has 2 aromatic rings. The van der Waals surface area contributed by atoms with Gasteiger partial charge in [-0.25, -0.2) is 4.39 Å². The van der Waals surface area contributed by atoms with Crippen molar-refractivity contribution in [1.29, 1.82) is 0 Å². The van der Waals surface area contributed by atoms with E-state index in [0.29, 0.717) is 16.6 Å². The number of nitrogens with zero attached hydrogens (tertiary/aromatic N) is 1. The van der Waals surface area contributed by atoms with Gasteiger partial charge in [0.1, 0.15) is 16.2 Å². The molecule has 0 fully saturated rings. The van der Waals surface area contributed by atoms with Crippen LogP contribution >= 0.6 is 11.8 Å². The highest BCUT2D eigenvalue weighted by Crippen LogP contribution is 2.47. The minimum Gasteiger partial charge on any atom is -0.540 e. The van der Waals surface area contributed by atoms with Crippen LogP contribution in [0.4, 0.5) is 4.39 Å². The van der Waals surface area contributed by atoms with Gasteiger partial charge in [0.15, 0.2) is 11.5 Å². The molecule has 3 rings (SSSR count). The molecule has 0 spiro atoms. The summed E-state index contributed by atoms with van der Waals surface area (Å²) in [5.74, 6) is 1.26. The van der Waals surface area contributed by atoms with E-state index in [1.54, 1.807) is 31.0 Å². The number of nitrogens with one attached hydrogen (secondary N) is 1. The van der Waals surface area contributed by atoms with E-state index in [1.165, 1.54) is 12.1 Å². The number of thioether (sulfide) groups is 1. The van der Waals surface area contributed by atoms with E-state index in [1.807, 2.05) is 18.2 Å². The van der Waals surface area contributed by atoms with E-state index in [2.05, 4.69) is 52.1 Å². The van der Waals surface area contributed by atoms with Gasteiger partial charge in [-0.2, -0.15) is 5.10 Å². The normalized spacial score (nSPS) is 16.6. The molecule has 2 aromatic carbocycles. The molecule has 1 atom stereocenters. The van der Waals surface area contributed by atoms with Crippen molar-refractivity contribution in [3.63, 3.8) is 0 Å². The Bertz CT molecular complexity index is 910. The van der Waals surface area contributed by atoms with Crippen molar-refractivity contribution < 1.29 is 13.6 Å². The first-order chi connectivity index (χ1) is 14.7. The summed E-state index contributed by atoms with van der Waals surface area (Å²) >= 11 is 1.60. The average molecular weight is 461 g/mol. The van der Waals surface area contributed by atoms with Crippen molar-refractivity contribution in [2.45, 2.75) is 63.5 Å². The molecule has 1 aliphatic rings. The van der Waals surface area contributed by atoms with E-state index in [9.17, 15) is 4.39 Å². The Kier molecular flexibility index (Phi) is 7.37. The number of hydrazone groups is 1. The number of benzene rings is 2. The lowest BCUT2D eigenvalue weighted by atomic mass is 10.2. The number of hydrogen-bond acceptors (Lipinski definition) is 5. The summed E-state index contributed by atoms with van der Waals surface area (Å²) in [6.07, 6.45) is 0. The fourth-order valence-electron chi connectivity index (χ4n) is 4.67. The molecule has 0 radical (unpaired) electrons. The maximum Gasteiger partial charge on any atom is 0.258 e. The summed E-state index contributed by atoms with van der Waals surface area (Å²) < 4.78 is 26.1. The molecule has 0 amide bonds. The SMILES string of the molecule is COc1cccc(C2=NNC(c3ccc(F)cc3)S2)c1O[Si](C(C)C)(C(C)C)C(C)C. The largest absolute Gasteiger partial charge is 0.540 e. The molecule has 1 unspecified atom stereocenters. The van der Waals surface area contributed by atoms with E-state index in [4.69, 9.17) is 9.16 Å². The molecule has 0 bridgehead atoms. The first-order valence-corrected chi connectivity index (χ1v) is 13.8. The highest BCUT2D eigenvalue weighted by Gasteiger charge is 2.48. The van der Waals surface area contributed by atoms with Crippen LogP contribution in [0.3, 0.4) is 0 Å². The summed E-state index contributed by atoms with van der Waals surface area (Å²) in [5, 5.41) is 5.38. The number of halogens is 1. The van der Waals surface area contributed by atoms with Crippen LogP contribution in [0.15, 0.2) is 47.6 Å². The minimum atomic E-state index is -2.19. The molecule has 0 aliphatic carbocycles. The summed E-state index contributed by atoms with van der Waals surface area (Å²) in [7, 11) is -0.513. The Labute approximate surface area is 190 Å². The second-order valence-corrected chi connectivity index (χ2v) is 15.3. The molecule has 1 heterocycles. The van der Waals surface area contributed by atoms with Crippen LogP contribution in [-0.4, -0.2) is 20.5 Å². The van der Waals surface area contributed by atoms with Crippen LogP contribution in [0.2, 0.25) is 16.6 Å². The highest BCUT2D eigenvalue weighted by molar-refractivity contribution is 8.14. The van der Waals surface area contributed by atoms with Gasteiger partial charge in [-0.05, 0) is 46.5 Å². The quantitative estimate of drug-likeness (QED) is 0.427. The van der Waals surface area contributed by atoms with Crippen LogP contribution in [-0.2, 0) is 0 Å². The number of rotatable bonds is 8. The standard InChI is InChI=1S/C24H33FN2O2SSi/c1-15(2)31(16(3)4,17(5)6)29-22-20(9-8-10-21(22)28-7)24-27-26-23(30-24)18-11-13-19(25)14-12-18/h8-17,23,26H,1-7H3. The van der Waals surface area contributed by atoms with E-state index >= 15 is 0 Å². The van der Waals surface area contributed by atoms with Gasteiger partial charge in [0.25, 0.3) is 8.32 Å². The molecule has 0 saturated carbocycles. The Morgan fingerprint density at radius 3 is 2.13 bits per heavy atom. The summed E-state index contributed by atoms with van der Waals surface area (Å²) in [6.45, 7) is 13.6. The van der Waals surface area contributed by atoms with E-state index in [-0.39, 0.29) is 11.2 Å². The molecule has 0 aromatic heterocycles. The molecular weight excluding hydrogens is 427 g/mol. The number of hydrogen-bond donors (Lipinski definition) is 1. The molecule has 168 valence electrons. The first kappa shape index (κ1) is 23.7. The second-order valence-electron chi connectivity index (χ2n) is 8.85. The van der Waals surface area contributed by atoms with Gasteiger partial charge >= 0.3 is 0 Å². The fourth-order valence-corrected chi connectivity index (χ4v) is 11.0. The Hall–Kier alpha value is -1.99. The van der Waals surface area contributed by atoms with Crippen molar-refractivity contribution in [1.82, 2.24) is 5.43 Å². The summed E-state index contributed by atoms with van der Waals surface area (Å²) in [4.78, 5) is 0. The van der Waals surface area contributed by atoms with Gasteiger partial charge in [-0.1, -0.05) is 71.5 Å². The monoisotopic (exact) mass is 460 g/mol. The fraction of sp³-hybridized carbons (Fsp3) is 0.458. The van der Waals surface area contributed by atoms with E-state index in [0.717, 1.165) is 27.7 Å². The van der Waals surface area contributed by atoms with Crippen molar-refractivity contribution in [2.24, 2.45) is 5.10 Å². The van der Waals surface area contributed by atoms with Gasteiger partial charge in [0.05, 0.1) is 12.7 Å². The van der Waals surface area contributed by atoms with Crippen LogP contribution in [0, 0.1) is 5.82 Å². The second kappa shape index (κ2) is 9.65. The Balaban J connectivity index is 1.99. The lowest BCUT2D eigenvalue weighted by Crippen LogP contribution is -2.51. The molecule has 1 aliphatic heterocycles. The third-order valence-corrected chi connectivity index (χ3v) is 13.2. The van der Waals surface area contributed by atoms with Gasteiger partial charge in [-0.15, -0.1) is 0 Å². The molecule has 7 heteroatoms. The predicted molar refractivity (Wildman–Crippen MR) is 131 cm³/mol. The molecule has 31 heavy (non-hydrogen) atoms. The summed E-state index contributed by atoms with van der Waals surface area (Å²) in [6, 6.07) is 12.5. The van der Waals surface area contributed by atoms with Crippen LogP contribution in [0.25, 0.3) is 0 Å². The highest BCUT2D eigenvalue weighted by atomic mass is 32.2. The van der Waals surface area contributed by atoms with Crippen molar-refractivity contribution in [3.05, 3.63) is 59.4 Å². The lowest BCUT2D eigenvalue weighted by molar-refractivity contribution is 0.382. The predicted octanol–water partition coefficient (Wildman–Crippen LogP) is 7.09. The van der Waals surface area contributed by atoms with Crippen LogP contribution in [0.5, 0.6) is 11.5 Å². The lowest BCUT2D eigenvalue weighted by Gasteiger charge is -2.42. The van der Waals surface area contributed by atoms with E-state index < -0.39 is 8.32 Å². The van der Waals surface area contributed by atoms with Crippen LogP contribution in [0.1, 0.15) is 58.0 Å². The Morgan fingerprint density at radius 1 is 0.968 bits per heavy atom. The van der Waals surface area contributed by atoms with Crippen molar-refractivity contribution in [2.75, 3.05) is 7.11 Å². The number of para-hydroxylation sites is 1. The minimum absolute atomic E-state index is 0.0723. The molecule has 1 N–H and O–H groups in total. The van der Waals surface area contributed by atoms with Crippen molar-refractivity contribution >= 4 is 25.1 Å². The first-order valence-electron chi connectivity index (χ1n) is 10.8. The van der Waals surface area contributed by atoms with Crippen molar-refractivity contribution in [3.8, 4) is 11.5 Å². The van der Waals surface area contributed by atoms with Gasteiger partial charge < -0.3 is 9.16 Å². The average Bonchev–Trinajstić information content (AvgIpc) is 3.21. The number of methoxy groups -OCH3 is 1. The maximum absolute atomic E-state index is 13.3. The molecule has 4 nitrogen and oxygen atoms in total. The van der Waals surface area contributed by atoms with Gasteiger partial charge in [-0.3, -0.25) is 5.43 Å². The molecular formula is C24H33FN2O2SSi. The summed E-state index contributed by atoms with van der Waals surface area (Å²) in [5.41, 5.74) is 6.40. The molecule has 0 saturated heterocycles. The zero-order valence-electron chi connectivity index (χ0n) is 19.4.